The Kier molecular flexibility index (Phi) is 6.25. The number of amides is 1. The lowest BCUT2D eigenvalue weighted by Gasteiger charge is -2.31. The van der Waals surface area contributed by atoms with Crippen LogP contribution in [0, 0.1) is 12.8 Å². The fraction of sp³-hybridized carbons (Fsp3) is 0.647. The summed E-state index contributed by atoms with van der Waals surface area (Å²) in [6, 6.07) is 0.389. The number of aromatic nitrogens is 2. The van der Waals surface area contributed by atoms with Crippen LogP contribution in [0.1, 0.15) is 37.9 Å². The van der Waals surface area contributed by atoms with Gasteiger partial charge in [-0.25, -0.2) is 0 Å². The van der Waals surface area contributed by atoms with Crippen LogP contribution >= 0.6 is 11.6 Å². The highest BCUT2D eigenvalue weighted by Gasteiger charge is 2.21. The Bertz CT molecular complexity index is 579. The molecule has 1 amide bonds. The van der Waals surface area contributed by atoms with Crippen molar-refractivity contribution in [3.63, 3.8) is 0 Å². The summed E-state index contributed by atoms with van der Waals surface area (Å²) in [7, 11) is 1.95. The van der Waals surface area contributed by atoms with Gasteiger partial charge in [-0.15, -0.1) is 0 Å². The van der Waals surface area contributed by atoms with E-state index in [1.54, 1.807) is 12.2 Å². The van der Waals surface area contributed by atoms with Gasteiger partial charge in [0.15, 0.2) is 0 Å². The number of likely N-dealkylation sites (tertiary alicyclic amines) is 1. The Morgan fingerprint density at radius 2 is 2.26 bits per heavy atom. The molecular weight excluding hydrogens is 312 g/mol. The number of hydrogen-bond donors (Lipinski definition) is 1. The van der Waals surface area contributed by atoms with Crippen molar-refractivity contribution in [2.45, 2.75) is 46.2 Å². The topological polar surface area (TPSA) is 50.2 Å². The Morgan fingerprint density at radius 3 is 2.91 bits per heavy atom. The van der Waals surface area contributed by atoms with Gasteiger partial charge in [0.05, 0.1) is 5.69 Å². The zero-order valence-electron chi connectivity index (χ0n) is 14.5. The molecule has 23 heavy (non-hydrogen) atoms. The third-order valence-corrected chi connectivity index (χ3v) is 4.58. The van der Waals surface area contributed by atoms with E-state index >= 15 is 0 Å². The lowest BCUT2D eigenvalue weighted by molar-refractivity contribution is -0.127. The second-order valence-corrected chi connectivity index (χ2v) is 6.97. The van der Waals surface area contributed by atoms with Crippen LogP contribution in [-0.2, 0) is 11.3 Å². The monoisotopic (exact) mass is 338 g/mol. The minimum atomic E-state index is 0.0389. The van der Waals surface area contributed by atoms with Gasteiger partial charge in [0.1, 0.15) is 5.15 Å². The summed E-state index contributed by atoms with van der Waals surface area (Å²) in [5.74, 6) is 0.508. The lowest BCUT2D eigenvalue weighted by Crippen LogP contribution is -2.46. The van der Waals surface area contributed by atoms with Gasteiger partial charge in [0.25, 0.3) is 0 Å². The zero-order chi connectivity index (χ0) is 17.0. The fourth-order valence-corrected chi connectivity index (χ4v) is 3.20. The average molecular weight is 339 g/mol. The molecule has 6 heteroatoms. The van der Waals surface area contributed by atoms with Crippen molar-refractivity contribution in [3.05, 3.63) is 22.5 Å². The third kappa shape index (κ3) is 4.58. The highest BCUT2D eigenvalue weighted by Crippen LogP contribution is 2.22. The number of likely N-dealkylation sites (N-methyl/N-ethyl adjacent to an activating group) is 1. The molecule has 1 unspecified atom stereocenters. The summed E-state index contributed by atoms with van der Waals surface area (Å²) < 4.78 is 1.81. The van der Waals surface area contributed by atoms with Gasteiger partial charge in [-0.05, 0) is 38.8 Å². The summed E-state index contributed by atoms with van der Waals surface area (Å²) in [5.41, 5.74) is 1.69. The van der Waals surface area contributed by atoms with Crippen molar-refractivity contribution < 1.29 is 4.79 Å². The van der Waals surface area contributed by atoms with Gasteiger partial charge in [0, 0.05) is 37.3 Å². The van der Waals surface area contributed by atoms with E-state index in [1.165, 1.54) is 0 Å². The van der Waals surface area contributed by atoms with E-state index in [9.17, 15) is 4.79 Å². The summed E-state index contributed by atoms with van der Waals surface area (Å²) in [5, 5.41) is 8.32. The molecule has 1 saturated heterocycles. The van der Waals surface area contributed by atoms with Crippen LogP contribution in [0.4, 0.5) is 0 Å². The largest absolute Gasteiger partial charge is 0.338 e. The summed E-state index contributed by atoms with van der Waals surface area (Å²) in [6.45, 7) is 8.53. The Labute approximate surface area is 143 Å². The molecule has 1 aliphatic rings. The second kappa shape index (κ2) is 7.97. The maximum atomic E-state index is 12.4. The maximum Gasteiger partial charge on any atom is 0.246 e. The van der Waals surface area contributed by atoms with Gasteiger partial charge in [0.2, 0.25) is 5.91 Å². The van der Waals surface area contributed by atoms with E-state index in [4.69, 9.17) is 11.6 Å². The van der Waals surface area contributed by atoms with Crippen LogP contribution in [-0.4, -0.2) is 46.8 Å². The number of carbonyl (C=O) groups is 1. The number of carbonyl (C=O) groups excluding carboxylic acids is 1. The first-order chi connectivity index (χ1) is 10.9. The predicted octanol–water partition coefficient (Wildman–Crippen LogP) is 2.72. The quantitative estimate of drug-likeness (QED) is 0.840. The fourth-order valence-electron chi connectivity index (χ4n) is 2.90. The standard InChI is InChI=1S/C17H27ClN4O/c1-12(2)10-22-17(18)15(13(3)20-22)7-8-16(23)21-9-5-6-14(11-21)19-4/h7-8,12,14,19H,5-6,9-11H2,1-4H3. The molecule has 0 aliphatic carbocycles. The molecule has 1 aromatic rings. The normalized spacial score (nSPS) is 19.0. The summed E-state index contributed by atoms with van der Waals surface area (Å²) >= 11 is 6.40. The highest BCUT2D eigenvalue weighted by molar-refractivity contribution is 6.31. The van der Waals surface area contributed by atoms with E-state index < -0.39 is 0 Å². The summed E-state index contributed by atoms with van der Waals surface area (Å²) in [4.78, 5) is 14.3. The third-order valence-electron chi connectivity index (χ3n) is 4.18. The van der Waals surface area contributed by atoms with Crippen LogP contribution in [0.2, 0.25) is 5.15 Å². The predicted molar refractivity (Wildman–Crippen MR) is 94.5 cm³/mol. The molecule has 0 saturated carbocycles. The summed E-state index contributed by atoms with van der Waals surface area (Å²) in [6.07, 6.45) is 5.58. The molecular formula is C17H27ClN4O. The Morgan fingerprint density at radius 1 is 1.52 bits per heavy atom. The molecule has 0 bridgehead atoms. The van der Waals surface area contributed by atoms with E-state index in [0.29, 0.717) is 17.1 Å². The molecule has 0 spiro atoms. The second-order valence-electron chi connectivity index (χ2n) is 6.61. The molecule has 128 valence electrons. The Balaban J connectivity index is 2.07. The SMILES string of the molecule is CNC1CCCN(C(=O)C=Cc2c(C)nn(CC(C)C)c2Cl)C1. The molecule has 1 N–H and O–H groups in total. The maximum absolute atomic E-state index is 12.4. The van der Waals surface area contributed by atoms with Gasteiger partial charge >= 0.3 is 0 Å². The highest BCUT2D eigenvalue weighted by atomic mass is 35.5. The van der Waals surface area contributed by atoms with Crippen LogP contribution < -0.4 is 5.32 Å². The van der Waals surface area contributed by atoms with Crippen LogP contribution in [0.15, 0.2) is 6.08 Å². The number of piperidine rings is 1. The molecule has 1 aliphatic heterocycles. The van der Waals surface area contributed by atoms with E-state index in [2.05, 4.69) is 24.3 Å². The van der Waals surface area contributed by atoms with E-state index in [1.807, 2.05) is 23.6 Å². The molecule has 2 heterocycles. The number of aryl methyl sites for hydroxylation is 1. The number of nitrogens with zero attached hydrogens (tertiary/aromatic N) is 3. The first-order valence-corrected chi connectivity index (χ1v) is 8.67. The molecule has 0 aromatic carbocycles. The van der Waals surface area contributed by atoms with E-state index in [0.717, 1.165) is 43.7 Å². The molecule has 5 nitrogen and oxygen atoms in total. The first kappa shape index (κ1) is 18.0. The average Bonchev–Trinajstić information content (AvgIpc) is 2.78. The minimum Gasteiger partial charge on any atom is -0.338 e. The molecule has 2 rings (SSSR count). The van der Waals surface area contributed by atoms with Gasteiger partial charge in [-0.3, -0.25) is 9.48 Å². The first-order valence-electron chi connectivity index (χ1n) is 8.29. The van der Waals surface area contributed by atoms with Crippen molar-refractivity contribution in [2.24, 2.45) is 5.92 Å². The van der Waals surface area contributed by atoms with Gasteiger partial charge < -0.3 is 10.2 Å². The Hall–Kier alpha value is -1.33. The van der Waals surface area contributed by atoms with Crippen molar-refractivity contribution in [1.29, 1.82) is 0 Å². The van der Waals surface area contributed by atoms with Crippen LogP contribution in [0.3, 0.4) is 0 Å². The van der Waals surface area contributed by atoms with Crippen molar-refractivity contribution in [1.82, 2.24) is 20.0 Å². The van der Waals surface area contributed by atoms with Crippen molar-refractivity contribution in [3.8, 4) is 0 Å². The number of hydrogen-bond acceptors (Lipinski definition) is 3. The smallest absolute Gasteiger partial charge is 0.246 e. The van der Waals surface area contributed by atoms with Crippen molar-refractivity contribution >= 4 is 23.6 Å². The lowest BCUT2D eigenvalue weighted by atomic mass is 10.1. The van der Waals surface area contributed by atoms with Crippen LogP contribution in [0.25, 0.3) is 6.08 Å². The molecule has 0 radical (unpaired) electrons. The molecule has 1 aromatic heterocycles. The number of halogens is 1. The van der Waals surface area contributed by atoms with Crippen LogP contribution in [0.5, 0.6) is 0 Å². The molecule has 1 atom stereocenters. The van der Waals surface area contributed by atoms with Gasteiger partial charge in [-0.2, -0.15) is 5.10 Å². The minimum absolute atomic E-state index is 0.0389. The zero-order valence-corrected chi connectivity index (χ0v) is 15.2. The van der Waals surface area contributed by atoms with Gasteiger partial charge in [-0.1, -0.05) is 25.4 Å². The van der Waals surface area contributed by atoms with E-state index in [-0.39, 0.29) is 5.91 Å². The molecule has 1 fully saturated rings. The van der Waals surface area contributed by atoms with Crippen molar-refractivity contribution in [2.75, 3.05) is 20.1 Å². The number of nitrogens with one attached hydrogen (secondary N) is 1. The number of rotatable bonds is 5.